The summed E-state index contributed by atoms with van der Waals surface area (Å²) in [7, 11) is 2.21. The highest BCUT2D eigenvalue weighted by atomic mass is 16.6. The zero-order valence-corrected chi connectivity index (χ0v) is 15.5. The molecule has 0 spiro atoms. The Hall–Kier alpha value is -1.76. The summed E-state index contributed by atoms with van der Waals surface area (Å²) in [5.41, 5.74) is 3.99. The molecule has 0 bridgehead atoms. The van der Waals surface area contributed by atoms with Crippen LogP contribution in [0.3, 0.4) is 0 Å². The highest BCUT2D eigenvalue weighted by molar-refractivity contribution is 5.88. The molecule has 5 rings (SSSR count). The summed E-state index contributed by atoms with van der Waals surface area (Å²) in [6.45, 7) is 8.20. The summed E-state index contributed by atoms with van der Waals surface area (Å²) in [6, 6.07) is 4.69. The Morgan fingerprint density at radius 2 is 1.85 bits per heavy atom. The number of piperazine rings is 1. The lowest BCUT2D eigenvalue weighted by Gasteiger charge is -2.34. The fourth-order valence-electron chi connectivity index (χ4n) is 4.48. The molecule has 0 saturated carbocycles. The van der Waals surface area contributed by atoms with Gasteiger partial charge in [-0.15, -0.1) is 0 Å². The van der Waals surface area contributed by atoms with Crippen LogP contribution in [0.15, 0.2) is 12.1 Å². The fourth-order valence-corrected chi connectivity index (χ4v) is 4.48. The van der Waals surface area contributed by atoms with E-state index in [4.69, 9.17) is 9.47 Å². The molecule has 1 fully saturated rings. The summed E-state index contributed by atoms with van der Waals surface area (Å²) in [4.78, 5) is 8.70. The first-order valence-corrected chi connectivity index (χ1v) is 9.86. The van der Waals surface area contributed by atoms with Gasteiger partial charge in [0.2, 0.25) is 0 Å². The van der Waals surface area contributed by atoms with Crippen LogP contribution < -0.4 is 14.8 Å². The van der Waals surface area contributed by atoms with Crippen molar-refractivity contribution in [2.45, 2.75) is 18.9 Å². The molecule has 1 aromatic heterocycles. The first kappa shape index (κ1) is 16.4. The van der Waals surface area contributed by atoms with Gasteiger partial charge in [0.1, 0.15) is 13.2 Å². The van der Waals surface area contributed by atoms with E-state index in [2.05, 4.69) is 39.3 Å². The fraction of sp³-hybridized carbons (Fsp3) is 0.600. The molecule has 3 aliphatic heterocycles. The molecule has 0 amide bonds. The quantitative estimate of drug-likeness (QED) is 0.878. The second-order valence-corrected chi connectivity index (χ2v) is 7.75. The second-order valence-electron chi connectivity index (χ2n) is 7.75. The molecule has 6 heteroatoms. The Morgan fingerprint density at radius 1 is 1.08 bits per heavy atom. The normalized spacial score (nSPS) is 24.0. The van der Waals surface area contributed by atoms with Crippen LogP contribution in [0, 0.1) is 0 Å². The lowest BCUT2D eigenvalue weighted by molar-refractivity contribution is 0.148. The number of hydrogen-bond acceptors (Lipinski definition) is 5. The van der Waals surface area contributed by atoms with E-state index in [1.807, 2.05) is 0 Å². The Balaban J connectivity index is 1.37. The summed E-state index contributed by atoms with van der Waals surface area (Å²) in [6.07, 6.45) is 2.22. The molecule has 26 heavy (non-hydrogen) atoms. The third-order valence-corrected chi connectivity index (χ3v) is 6.05. The molecule has 1 atom stereocenters. The van der Waals surface area contributed by atoms with Crippen molar-refractivity contribution >= 4 is 10.9 Å². The number of aromatic nitrogens is 1. The van der Waals surface area contributed by atoms with Gasteiger partial charge in [0.05, 0.1) is 0 Å². The maximum absolute atomic E-state index is 5.79. The van der Waals surface area contributed by atoms with Gasteiger partial charge in [0, 0.05) is 61.4 Å². The van der Waals surface area contributed by atoms with Gasteiger partial charge in [-0.2, -0.15) is 0 Å². The van der Waals surface area contributed by atoms with Crippen LogP contribution in [-0.2, 0) is 6.42 Å². The average molecular weight is 356 g/mol. The molecular formula is C20H28N4O2. The van der Waals surface area contributed by atoms with Crippen molar-refractivity contribution in [3.63, 3.8) is 0 Å². The van der Waals surface area contributed by atoms with E-state index < -0.39 is 0 Å². The van der Waals surface area contributed by atoms with Crippen molar-refractivity contribution in [1.82, 2.24) is 20.1 Å². The molecule has 1 aromatic carbocycles. The van der Waals surface area contributed by atoms with Crippen molar-refractivity contribution in [3.8, 4) is 11.5 Å². The van der Waals surface area contributed by atoms with Gasteiger partial charge in [-0.3, -0.25) is 0 Å². The highest BCUT2D eigenvalue weighted by Gasteiger charge is 2.26. The van der Waals surface area contributed by atoms with E-state index in [1.54, 1.807) is 0 Å². The number of H-pyrrole nitrogens is 1. The molecule has 2 aromatic rings. The van der Waals surface area contributed by atoms with Gasteiger partial charge in [-0.05, 0) is 38.1 Å². The van der Waals surface area contributed by atoms with E-state index >= 15 is 0 Å². The van der Waals surface area contributed by atoms with Gasteiger partial charge in [-0.1, -0.05) is 0 Å². The van der Waals surface area contributed by atoms with E-state index in [0.717, 1.165) is 37.4 Å². The Morgan fingerprint density at radius 3 is 2.65 bits per heavy atom. The summed E-state index contributed by atoms with van der Waals surface area (Å²) in [5, 5.41) is 5.02. The maximum atomic E-state index is 5.79. The van der Waals surface area contributed by atoms with E-state index in [1.165, 1.54) is 48.3 Å². The molecule has 4 heterocycles. The molecule has 0 unspecified atom stereocenters. The first-order valence-electron chi connectivity index (χ1n) is 9.86. The number of hydrogen-bond donors (Lipinski definition) is 2. The molecule has 0 aliphatic carbocycles. The largest absolute Gasteiger partial charge is 0.486 e. The number of nitrogens with zero attached hydrogens (tertiary/aromatic N) is 2. The van der Waals surface area contributed by atoms with Gasteiger partial charge in [0.25, 0.3) is 0 Å². The molecule has 2 N–H and O–H groups in total. The molecule has 140 valence electrons. The van der Waals surface area contributed by atoms with Crippen molar-refractivity contribution in [2.24, 2.45) is 0 Å². The van der Waals surface area contributed by atoms with Crippen LogP contribution in [0.4, 0.5) is 0 Å². The number of fused-ring (bicyclic) bond motifs is 4. The molecule has 6 nitrogen and oxygen atoms in total. The van der Waals surface area contributed by atoms with Crippen LogP contribution in [0.5, 0.6) is 11.5 Å². The third kappa shape index (κ3) is 2.96. The lowest BCUT2D eigenvalue weighted by atomic mass is 9.97. The van der Waals surface area contributed by atoms with Crippen LogP contribution in [0.2, 0.25) is 0 Å². The topological polar surface area (TPSA) is 52.8 Å². The van der Waals surface area contributed by atoms with Gasteiger partial charge < -0.3 is 29.6 Å². The molecular weight excluding hydrogens is 328 g/mol. The second kappa shape index (κ2) is 6.76. The zero-order valence-electron chi connectivity index (χ0n) is 15.5. The highest BCUT2D eigenvalue weighted by Crippen LogP contribution is 2.39. The number of likely N-dealkylation sites (N-methyl/N-ethyl adjacent to an activating group) is 1. The number of benzene rings is 1. The van der Waals surface area contributed by atoms with E-state index in [9.17, 15) is 0 Å². The van der Waals surface area contributed by atoms with E-state index in [0.29, 0.717) is 19.3 Å². The number of ether oxygens (including phenoxy) is 2. The van der Waals surface area contributed by atoms with Gasteiger partial charge >= 0.3 is 0 Å². The van der Waals surface area contributed by atoms with Gasteiger partial charge in [-0.25, -0.2) is 0 Å². The minimum absolute atomic E-state index is 0.407. The first-order chi connectivity index (χ1) is 12.8. The number of nitrogens with one attached hydrogen (secondary N) is 2. The zero-order chi connectivity index (χ0) is 17.5. The number of aromatic amines is 1. The Bertz CT molecular complexity index is 795. The van der Waals surface area contributed by atoms with Crippen LogP contribution in [-0.4, -0.2) is 74.3 Å². The van der Waals surface area contributed by atoms with Crippen LogP contribution in [0.1, 0.15) is 23.7 Å². The lowest BCUT2D eigenvalue weighted by Crippen LogP contribution is -2.45. The van der Waals surface area contributed by atoms with Crippen LogP contribution in [0.25, 0.3) is 10.9 Å². The Kier molecular flexibility index (Phi) is 4.27. The van der Waals surface area contributed by atoms with Crippen molar-refractivity contribution in [2.75, 3.05) is 59.5 Å². The Labute approximate surface area is 154 Å². The smallest absolute Gasteiger partial charge is 0.163 e. The predicted molar refractivity (Wildman–Crippen MR) is 102 cm³/mol. The standard InChI is InChI=1S/C20H28N4O2/c1-23-6-8-24(9-7-23)5-3-16-20-14(2-4-21-16)15-12-18-19(13-17(15)22-20)26-11-10-25-18/h12-13,16,21-22H,2-11H2,1H3/t16-/m1/s1. The summed E-state index contributed by atoms with van der Waals surface area (Å²) >= 11 is 0. The predicted octanol–water partition coefficient (Wildman–Crippen LogP) is 1.76. The monoisotopic (exact) mass is 356 g/mol. The summed E-state index contributed by atoms with van der Waals surface area (Å²) in [5.74, 6) is 1.75. The molecule has 3 aliphatic rings. The summed E-state index contributed by atoms with van der Waals surface area (Å²) < 4.78 is 11.5. The molecule has 0 radical (unpaired) electrons. The average Bonchev–Trinajstić information content (AvgIpc) is 3.04. The maximum Gasteiger partial charge on any atom is 0.163 e. The van der Waals surface area contributed by atoms with Crippen molar-refractivity contribution < 1.29 is 9.47 Å². The minimum atomic E-state index is 0.407. The SMILES string of the molecule is CN1CCN(CC[C@H]2NCCc3c2[nH]c2cc4c(cc32)OCCO4)CC1. The van der Waals surface area contributed by atoms with Crippen LogP contribution >= 0.6 is 0 Å². The van der Waals surface area contributed by atoms with Crippen molar-refractivity contribution in [1.29, 1.82) is 0 Å². The number of rotatable bonds is 3. The van der Waals surface area contributed by atoms with E-state index in [-0.39, 0.29) is 0 Å². The van der Waals surface area contributed by atoms with Crippen molar-refractivity contribution in [3.05, 3.63) is 23.4 Å². The minimum Gasteiger partial charge on any atom is -0.486 e. The third-order valence-electron chi connectivity index (χ3n) is 6.05. The van der Waals surface area contributed by atoms with Gasteiger partial charge in [0.15, 0.2) is 11.5 Å². The molecule has 1 saturated heterocycles.